The van der Waals surface area contributed by atoms with Crippen LogP contribution in [0.1, 0.15) is 30.2 Å². The maximum absolute atomic E-state index is 10.4. The average Bonchev–Trinajstić information content (AvgIpc) is 2.81. The van der Waals surface area contributed by atoms with E-state index in [9.17, 15) is 5.11 Å². The highest BCUT2D eigenvalue weighted by Crippen LogP contribution is 2.39. The quantitative estimate of drug-likeness (QED) is 0.906. The Morgan fingerprint density at radius 1 is 1.32 bits per heavy atom. The molecular formula is C18H23NO2S. The number of aromatic hydroxyl groups is 1. The lowest BCUT2D eigenvalue weighted by Crippen LogP contribution is -2.26. The minimum Gasteiger partial charge on any atom is -0.504 e. The second-order valence-electron chi connectivity index (χ2n) is 5.87. The molecule has 3 rings (SSSR count). The van der Waals surface area contributed by atoms with Crippen molar-refractivity contribution in [3.05, 3.63) is 34.7 Å². The molecular weight excluding hydrogens is 294 g/mol. The SMILES string of the molecule is CCCCN1CCOc2c(O)cc(-c3ccc(C)s3)cc2C1. The van der Waals surface area contributed by atoms with Gasteiger partial charge in [0.25, 0.3) is 0 Å². The molecule has 0 saturated carbocycles. The molecule has 2 aromatic rings. The molecule has 1 aromatic carbocycles. The Bertz CT molecular complexity index is 651. The first-order chi connectivity index (χ1) is 10.7. The molecule has 2 heterocycles. The lowest BCUT2D eigenvalue weighted by Gasteiger charge is -2.19. The van der Waals surface area contributed by atoms with Crippen LogP contribution in [0.5, 0.6) is 11.5 Å². The van der Waals surface area contributed by atoms with Crippen molar-refractivity contribution >= 4 is 11.3 Å². The summed E-state index contributed by atoms with van der Waals surface area (Å²) in [6.07, 6.45) is 2.40. The van der Waals surface area contributed by atoms with Crippen molar-refractivity contribution in [1.82, 2.24) is 4.90 Å². The summed E-state index contributed by atoms with van der Waals surface area (Å²) in [7, 11) is 0. The number of ether oxygens (including phenoxy) is 1. The van der Waals surface area contributed by atoms with Crippen LogP contribution in [0, 0.1) is 6.92 Å². The molecule has 3 nitrogen and oxygen atoms in total. The minimum atomic E-state index is 0.260. The number of thiophene rings is 1. The number of benzene rings is 1. The fourth-order valence-corrected chi connectivity index (χ4v) is 3.71. The van der Waals surface area contributed by atoms with Crippen LogP contribution < -0.4 is 4.74 Å². The van der Waals surface area contributed by atoms with Gasteiger partial charge in [0.1, 0.15) is 6.61 Å². The van der Waals surface area contributed by atoms with E-state index in [1.807, 2.05) is 6.07 Å². The summed E-state index contributed by atoms with van der Waals surface area (Å²) >= 11 is 1.75. The molecule has 0 radical (unpaired) electrons. The van der Waals surface area contributed by atoms with Crippen LogP contribution in [-0.4, -0.2) is 29.7 Å². The van der Waals surface area contributed by atoms with E-state index in [0.29, 0.717) is 12.4 Å². The molecule has 1 aromatic heterocycles. The fraction of sp³-hybridized carbons (Fsp3) is 0.444. The standard InChI is InChI=1S/C18H23NO2S/c1-3-4-7-19-8-9-21-18-15(12-19)10-14(11-16(18)20)17-6-5-13(2)22-17/h5-6,10-11,20H,3-4,7-9,12H2,1-2H3. The molecule has 0 amide bonds. The first-order valence-corrected chi connectivity index (χ1v) is 8.77. The van der Waals surface area contributed by atoms with E-state index in [1.165, 1.54) is 22.6 Å². The summed E-state index contributed by atoms with van der Waals surface area (Å²) < 4.78 is 5.80. The number of hydrogen-bond donors (Lipinski definition) is 1. The zero-order valence-electron chi connectivity index (χ0n) is 13.3. The Hall–Kier alpha value is -1.52. The van der Waals surface area contributed by atoms with Crippen molar-refractivity contribution in [2.24, 2.45) is 0 Å². The van der Waals surface area contributed by atoms with E-state index in [4.69, 9.17) is 4.74 Å². The van der Waals surface area contributed by atoms with E-state index in [0.717, 1.165) is 30.8 Å². The van der Waals surface area contributed by atoms with E-state index in [1.54, 1.807) is 11.3 Å². The summed E-state index contributed by atoms with van der Waals surface area (Å²) in [5, 5.41) is 10.4. The van der Waals surface area contributed by atoms with Gasteiger partial charge in [0.2, 0.25) is 0 Å². The van der Waals surface area contributed by atoms with Crippen molar-refractivity contribution in [2.75, 3.05) is 19.7 Å². The maximum atomic E-state index is 10.4. The summed E-state index contributed by atoms with van der Waals surface area (Å²) in [5.74, 6) is 0.923. The number of fused-ring (bicyclic) bond motifs is 1. The number of hydrogen-bond acceptors (Lipinski definition) is 4. The van der Waals surface area contributed by atoms with Gasteiger partial charge in [0.15, 0.2) is 11.5 Å². The summed E-state index contributed by atoms with van der Waals surface area (Å²) in [4.78, 5) is 4.89. The Morgan fingerprint density at radius 3 is 2.91 bits per heavy atom. The number of unbranched alkanes of at least 4 members (excludes halogenated alkanes) is 1. The van der Waals surface area contributed by atoms with Crippen LogP contribution in [0.3, 0.4) is 0 Å². The molecule has 0 spiro atoms. The van der Waals surface area contributed by atoms with Gasteiger partial charge >= 0.3 is 0 Å². The van der Waals surface area contributed by atoms with Crippen molar-refractivity contribution in [1.29, 1.82) is 0 Å². The van der Waals surface area contributed by atoms with Crippen molar-refractivity contribution < 1.29 is 9.84 Å². The largest absolute Gasteiger partial charge is 0.504 e. The van der Waals surface area contributed by atoms with Crippen molar-refractivity contribution in [3.8, 4) is 21.9 Å². The van der Waals surface area contributed by atoms with Gasteiger partial charge in [-0.2, -0.15) is 0 Å². The Morgan fingerprint density at radius 2 is 2.18 bits per heavy atom. The molecule has 1 aliphatic rings. The highest BCUT2D eigenvalue weighted by Gasteiger charge is 2.19. The predicted octanol–water partition coefficient (Wildman–Crippen LogP) is 4.42. The molecule has 118 valence electrons. The smallest absolute Gasteiger partial charge is 0.165 e. The van der Waals surface area contributed by atoms with Gasteiger partial charge in [0, 0.05) is 28.4 Å². The van der Waals surface area contributed by atoms with E-state index < -0.39 is 0 Å². The average molecular weight is 317 g/mol. The second-order valence-corrected chi connectivity index (χ2v) is 7.16. The van der Waals surface area contributed by atoms with Gasteiger partial charge in [-0.15, -0.1) is 11.3 Å². The molecule has 0 unspecified atom stereocenters. The van der Waals surface area contributed by atoms with Gasteiger partial charge in [-0.25, -0.2) is 0 Å². The van der Waals surface area contributed by atoms with E-state index >= 15 is 0 Å². The second kappa shape index (κ2) is 6.71. The molecule has 1 aliphatic heterocycles. The maximum Gasteiger partial charge on any atom is 0.165 e. The van der Waals surface area contributed by atoms with Crippen LogP contribution in [0.2, 0.25) is 0 Å². The number of phenols is 1. The first kappa shape index (κ1) is 15.4. The molecule has 0 aliphatic carbocycles. The Kier molecular flexibility index (Phi) is 4.69. The fourth-order valence-electron chi connectivity index (χ4n) is 2.86. The zero-order chi connectivity index (χ0) is 15.5. The van der Waals surface area contributed by atoms with Crippen LogP contribution in [0.15, 0.2) is 24.3 Å². The Balaban J connectivity index is 1.92. The van der Waals surface area contributed by atoms with Gasteiger partial charge in [-0.1, -0.05) is 13.3 Å². The Labute approximate surface area is 136 Å². The monoisotopic (exact) mass is 317 g/mol. The van der Waals surface area contributed by atoms with Gasteiger partial charge in [-0.3, -0.25) is 4.90 Å². The summed E-state index contributed by atoms with van der Waals surface area (Å²) in [6, 6.07) is 8.23. The van der Waals surface area contributed by atoms with Crippen LogP contribution in [0.4, 0.5) is 0 Å². The van der Waals surface area contributed by atoms with Gasteiger partial charge < -0.3 is 9.84 Å². The molecule has 0 atom stereocenters. The van der Waals surface area contributed by atoms with Gasteiger partial charge in [-0.05, 0) is 49.7 Å². The van der Waals surface area contributed by atoms with Crippen molar-refractivity contribution in [3.63, 3.8) is 0 Å². The molecule has 22 heavy (non-hydrogen) atoms. The predicted molar refractivity (Wildman–Crippen MR) is 91.8 cm³/mol. The normalized spacial score (nSPS) is 15.2. The molecule has 1 N–H and O–H groups in total. The molecule has 0 bridgehead atoms. The lowest BCUT2D eigenvalue weighted by atomic mass is 10.1. The molecule has 4 heteroatoms. The number of aryl methyl sites for hydroxylation is 1. The van der Waals surface area contributed by atoms with E-state index in [-0.39, 0.29) is 5.75 Å². The van der Waals surface area contributed by atoms with Crippen LogP contribution >= 0.6 is 11.3 Å². The highest BCUT2D eigenvalue weighted by molar-refractivity contribution is 7.15. The number of nitrogens with zero attached hydrogens (tertiary/aromatic N) is 1. The third-order valence-corrected chi connectivity index (χ3v) is 5.10. The summed E-state index contributed by atoms with van der Waals surface area (Å²) in [5.41, 5.74) is 2.17. The topological polar surface area (TPSA) is 32.7 Å². The first-order valence-electron chi connectivity index (χ1n) is 7.95. The molecule has 0 saturated heterocycles. The lowest BCUT2D eigenvalue weighted by molar-refractivity contribution is 0.221. The minimum absolute atomic E-state index is 0.260. The number of rotatable bonds is 4. The number of phenolic OH excluding ortho intramolecular Hbond substituents is 1. The molecule has 0 fully saturated rings. The van der Waals surface area contributed by atoms with Crippen LogP contribution in [0.25, 0.3) is 10.4 Å². The van der Waals surface area contributed by atoms with Gasteiger partial charge in [0.05, 0.1) is 0 Å². The highest BCUT2D eigenvalue weighted by atomic mass is 32.1. The van der Waals surface area contributed by atoms with Crippen LogP contribution in [-0.2, 0) is 6.54 Å². The van der Waals surface area contributed by atoms with E-state index in [2.05, 4.69) is 36.9 Å². The zero-order valence-corrected chi connectivity index (χ0v) is 14.1. The summed E-state index contributed by atoms with van der Waals surface area (Å²) in [6.45, 7) is 7.81. The van der Waals surface area contributed by atoms with Crippen molar-refractivity contribution in [2.45, 2.75) is 33.2 Å². The third kappa shape index (κ3) is 3.28. The third-order valence-electron chi connectivity index (χ3n) is 4.05.